The zero-order chi connectivity index (χ0) is 13.9. The van der Waals surface area contributed by atoms with Gasteiger partial charge in [0.05, 0.1) is 12.6 Å². The molecular weight excluding hydrogens is 250 g/mol. The number of nitrogens with zero attached hydrogens (tertiary/aromatic N) is 1. The zero-order valence-corrected chi connectivity index (χ0v) is 12.2. The summed E-state index contributed by atoms with van der Waals surface area (Å²) in [4.78, 5) is 14.5. The maximum absolute atomic E-state index is 12.4. The number of fused-ring (bicyclic) bond motifs is 1. The van der Waals surface area contributed by atoms with Gasteiger partial charge in [0.2, 0.25) is 5.91 Å². The summed E-state index contributed by atoms with van der Waals surface area (Å²) in [5.41, 5.74) is 2.77. The maximum Gasteiger partial charge on any atom is 0.223 e. The lowest BCUT2D eigenvalue weighted by molar-refractivity contribution is -0.132. The molecule has 3 heteroatoms. The number of rotatable bonds is 1. The highest BCUT2D eigenvalue weighted by Gasteiger charge is 2.59. The smallest absolute Gasteiger partial charge is 0.223 e. The van der Waals surface area contributed by atoms with Gasteiger partial charge in [0.25, 0.3) is 0 Å². The number of amides is 1. The van der Waals surface area contributed by atoms with Crippen LogP contribution in [-0.4, -0.2) is 24.5 Å². The number of ether oxygens (including phenoxy) is 1. The second-order valence-electron chi connectivity index (χ2n) is 6.69. The molecule has 2 fully saturated rings. The van der Waals surface area contributed by atoms with Gasteiger partial charge in [0.15, 0.2) is 0 Å². The Bertz CT molecular complexity index is 582. The Morgan fingerprint density at radius 3 is 3.05 bits per heavy atom. The molecule has 106 valence electrons. The van der Waals surface area contributed by atoms with Crippen LogP contribution in [0.3, 0.4) is 0 Å². The number of benzene rings is 1. The zero-order valence-electron chi connectivity index (χ0n) is 12.2. The molecule has 3 atom stereocenters. The second-order valence-corrected chi connectivity index (χ2v) is 6.69. The Morgan fingerprint density at radius 1 is 1.40 bits per heavy atom. The molecule has 0 aromatic heterocycles. The molecule has 1 amide bonds. The van der Waals surface area contributed by atoms with E-state index in [0.717, 1.165) is 31.6 Å². The predicted molar refractivity (Wildman–Crippen MR) is 76.6 cm³/mol. The molecule has 0 bridgehead atoms. The van der Waals surface area contributed by atoms with Gasteiger partial charge in [-0.05, 0) is 54.4 Å². The van der Waals surface area contributed by atoms with Crippen molar-refractivity contribution >= 4 is 5.91 Å². The Kier molecular flexibility index (Phi) is 2.45. The molecule has 1 saturated heterocycles. The fourth-order valence-electron chi connectivity index (χ4n) is 4.95. The van der Waals surface area contributed by atoms with Crippen LogP contribution in [0.15, 0.2) is 18.2 Å². The molecule has 1 aromatic carbocycles. The van der Waals surface area contributed by atoms with E-state index < -0.39 is 0 Å². The van der Waals surface area contributed by atoms with Crippen molar-refractivity contribution in [3.8, 4) is 5.75 Å². The SMILES string of the molecule is COc1ccc2c(c1)CCN1C(=O)CC3C[C@@H](C)CC231. The van der Waals surface area contributed by atoms with Crippen molar-refractivity contribution in [2.75, 3.05) is 13.7 Å². The van der Waals surface area contributed by atoms with Gasteiger partial charge < -0.3 is 9.64 Å². The van der Waals surface area contributed by atoms with Crippen molar-refractivity contribution in [1.82, 2.24) is 4.90 Å². The minimum Gasteiger partial charge on any atom is -0.497 e. The quantitative estimate of drug-likeness (QED) is 0.786. The third-order valence-corrected chi connectivity index (χ3v) is 5.61. The molecule has 4 rings (SSSR count). The molecule has 3 nitrogen and oxygen atoms in total. The summed E-state index contributed by atoms with van der Waals surface area (Å²) in [6.07, 6.45) is 4.02. The molecule has 0 radical (unpaired) electrons. The van der Waals surface area contributed by atoms with Crippen LogP contribution in [0.4, 0.5) is 0 Å². The first kappa shape index (κ1) is 12.2. The van der Waals surface area contributed by atoms with Gasteiger partial charge in [-0.3, -0.25) is 4.79 Å². The number of hydrogen-bond donors (Lipinski definition) is 0. The highest BCUT2D eigenvalue weighted by molar-refractivity contribution is 5.82. The molecule has 0 N–H and O–H groups in total. The van der Waals surface area contributed by atoms with Crippen LogP contribution in [0.25, 0.3) is 0 Å². The first-order chi connectivity index (χ1) is 9.65. The van der Waals surface area contributed by atoms with E-state index in [0.29, 0.717) is 17.7 Å². The van der Waals surface area contributed by atoms with E-state index in [9.17, 15) is 4.79 Å². The van der Waals surface area contributed by atoms with E-state index in [-0.39, 0.29) is 5.54 Å². The molecule has 20 heavy (non-hydrogen) atoms. The third kappa shape index (κ3) is 1.38. The minimum absolute atomic E-state index is 0.00362. The summed E-state index contributed by atoms with van der Waals surface area (Å²) in [7, 11) is 1.72. The van der Waals surface area contributed by atoms with E-state index in [2.05, 4.69) is 30.0 Å². The first-order valence-corrected chi connectivity index (χ1v) is 7.63. The summed E-state index contributed by atoms with van der Waals surface area (Å²) in [6, 6.07) is 6.44. The van der Waals surface area contributed by atoms with Gasteiger partial charge in [-0.15, -0.1) is 0 Å². The average Bonchev–Trinajstić information content (AvgIpc) is 2.88. The highest BCUT2D eigenvalue weighted by atomic mass is 16.5. The van der Waals surface area contributed by atoms with E-state index in [1.165, 1.54) is 17.5 Å². The molecule has 2 aliphatic heterocycles. The summed E-state index contributed by atoms with van der Waals surface area (Å²) >= 11 is 0. The number of carbonyl (C=O) groups excluding carboxylic acids is 1. The van der Waals surface area contributed by atoms with Crippen LogP contribution in [0, 0.1) is 11.8 Å². The predicted octanol–water partition coefficient (Wildman–Crippen LogP) is 2.73. The van der Waals surface area contributed by atoms with E-state index in [1.54, 1.807) is 7.11 Å². The molecule has 1 aromatic rings. The molecule has 1 aliphatic carbocycles. The van der Waals surface area contributed by atoms with Crippen molar-refractivity contribution in [1.29, 1.82) is 0 Å². The van der Waals surface area contributed by atoms with Gasteiger partial charge in [-0.2, -0.15) is 0 Å². The molecule has 2 heterocycles. The highest BCUT2D eigenvalue weighted by Crippen LogP contribution is 2.58. The van der Waals surface area contributed by atoms with Crippen molar-refractivity contribution in [3.05, 3.63) is 29.3 Å². The summed E-state index contributed by atoms with van der Waals surface area (Å²) < 4.78 is 5.36. The Labute approximate surface area is 119 Å². The molecule has 3 aliphatic rings. The molecule has 1 saturated carbocycles. The molecule has 1 spiro atoms. The number of carbonyl (C=O) groups is 1. The fourth-order valence-corrected chi connectivity index (χ4v) is 4.95. The van der Waals surface area contributed by atoms with Crippen molar-refractivity contribution in [2.45, 2.75) is 38.1 Å². The summed E-state index contributed by atoms with van der Waals surface area (Å²) in [5, 5.41) is 0. The lowest BCUT2D eigenvalue weighted by Gasteiger charge is -2.44. The normalized spacial score (nSPS) is 34.7. The van der Waals surface area contributed by atoms with Gasteiger partial charge in [-0.1, -0.05) is 13.0 Å². The largest absolute Gasteiger partial charge is 0.497 e. The van der Waals surface area contributed by atoms with Gasteiger partial charge >= 0.3 is 0 Å². The topological polar surface area (TPSA) is 29.5 Å². The van der Waals surface area contributed by atoms with Crippen molar-refractivity contribution in [2.24, 2.45) is 11.8 Å². The van der Waals surface area contributed by atoms with Crippen LogP contribution in [0.2, 0.25) is 0 Å². The number of hydrogen-bond acceptors (Lipinski definition) is 2. The van der Waals surface area contributed by atoms with Gasteiger partial charge in [0.1, 0.15) is 5.75 Å². The Morgan fingerprint density at radius 2 is 2.25 bits per heavy atom. The summed E-state index contributed by atoms with van der Waals surface area (Å²) in [5.74, 6) is 2.52. The van der Waals surface area contributed by atoms with Gasteiger partial charge in [-0.25, -0.2) is 0 Å². The first-order valence-electron chi connectivity index (χ1n) is 7.63. The third-order valence-electron chi connectivity index (χ3n) is 5.61. The van der Waals surface area contributed by atoms with Crippen LogP contribution in [0.5, 0.6) is 5.75 Å². The minimum atomic E-state index is -0.00362. The lowest BCUT2D eigenvalue weighted by atomic mass is 9.76. The summed E-state index contributed by atoms with van der Waals surface area (Å²) in [6.45, 7) is 3.20. The lowest BCUT2D eigenvalue weighted by Crippen LogP contribution is -2.49. The van der Waals surface area contributed by atoms with Crippen LogP contribution >= 0.6 is 0 Å². The van der Waals surface area contributed by atoms with Crippen LogP contribution < -0.4 is 4.74 Å². The maximum atomic E-state index is 12.4. The van der Waals surface area contributed by atoms with Crippen molar-refractivity contribution < 1.29 is 9.53 Å². The van der Waals surface area contributed by atoms with Crippen LogP contribution in [0.1, 0.15) is 37.3 Å². The monoisotopic (exact) mass is 271 g/mol. The van der Waals surface area contributed by atoms with Crippen molar-refractivity contribution in [3.63, 3.8) is 0 Å². The average molecular weight is 271 g/mol. The van der Waals surface area contributed by atoms with Gasteiger partial charge in [0, 0.05) is 13.0 Å². The Balaban J connectivity index is 1.89. The van der Waals surface area contributed by atoms with Crippen LogP contribution in [-0.2, 0) is 16.8 Å². The molecular formula is C17H21NO2. The number of methoxy groups -OCH3 is 1. The second kappa shape index (κ2) is 4.00. The van der Waals surface area contributed by atoms with E-state index in [1.807, 2.05) is 0 Å². The van der Waals surface area contributed by atoms with E-state index >= 15 is 0 Å². The van der Waals surface area contributed by atoms with E-state index in [4.69, 9.17) is 4.74 Å². The fraction of sp³-hybridized carbons (Fsp3) is 0.588. The standard InChI is InChI=1S/C17H21NO2/c1-11-7-13-9-16(19)18-6-5-12-8-14(20-2)3-4-15(12)17(13,18)10-11/h3-4,8,11,13H,5-7,9-10H2,1-2H3/t11-,13?,17?/m1/s1. The molecule has 2 unspecified atom stereocenters. The Hall–Kier alpha value is -1.51.